The summed E-state index contributed by atoms with van der Waals surface area (Å²) in [6.07, 6.45) is 3.09. The van der Waals surface area contributed by atoms with Crippen LogP contribution in [0, 0.1) is 0 Å². The number of rotatable bonds is 5. The molecular weight excluding hydrogens is 304 g/mol. The molecule has 3 rings (SSSR count). The molecule has 0 spiro atoms. The second-order valence-electron chi connectivity index (χ2n) is 6.23. The second-order valence-corrected chi connectivity index (χ2v) is 6.23. The van der Waals surface area contributed by atoms with Gasteiger partial charge < -0.3 is 10.4 Å². The Morgan fingerprint density at radius 1 is 1.04 bits per heavy atom. The van der Waals surface area contributed by atoms with Crippen molar-refractivity contribution >= 4 is 28.3 Å². The number of piperidine rings is 1. The largest absolute Gasteiger partial charge is 0.480 e. The van der Waals surface area contributed by atoms with Crippen molar-refractivity contribution in [1.82, 2.24) is 4.90 Å². The molecule has 24 heavy (non-hydrogen) atoms. The van der Waals surface area contributed by atoms with Crippen molar-refractivity contribution in [2.45, 2.75) is 31.7 Å². The molecule has 0 radical (unpaired) electrons. The molecule has 1 fully saturated rings. The van der Waals surface area contributed by atoms with Gasteiger partial charge in [-0.2, -0.15) is 0 Å². The molecule has 0 unspecified atom stereocenters. The smallest absolute Gasteiger partial charge is 0.321 e. The van der Waals surface area contributed by atoms with Crippen molar-refractivity contribution in [3.8, 4) is 0 Å². The average Bonchev–Trinajstić information content (AvgIpc) is 2.60. The van der Waals surface area contributed by atoms with E-state index in [4.69, 9.17) is 0 Å². The number of carbonyl (C=O) groups excluding carboxylic acids is 1. The van der Waals surface area contributed by atoms with E-state index >= 15 is 0 Å². The molecule has 2 aromatic rings. The van der Waals surface area contributed by atoms with Crippen LogP contribution in [0.5, 0.6) is 0 Å². The number of hydrogen-bond acceptors (Lipinski definition) is 3. The fourth-order valence-corrected chi connectivity index (χ4v) is 3.31. The third-order valence-electron chi connectivity index (χ3n) is 4.56. The van der Waals surface area contributed by atoms with Crippen LogP contribution in [0.25, 0.3) is 10.8 Å². The van der Waals surface area contributed by atoms with Gasteiger partial charge in [0.1, 0.15) is 6.04 Å². The quantitative estimate of drug-likeness (QED) is 0.886. The van der Waals surface area contributed by atoms with Crippen LogP contribution in [0.3, 0.4) is 0 Å². The lowest BCUT2D eigenvalue weighted by Gasteiger charge is -2.31. The molecular formula is C19H22N2O3. The summed E-state index contributed by atoms with van der Waals surface area (Å²) in [4.78, 5) is 25.9. The van der Waals surface area contributed by atoms with Crippen LogP contribution >= 0.6 is 0 Å². The normalized spacial score (nSPS) is 16.7. The molecule has 0 bridgehead atoms. The SMILES string of the molecule is O=C(C[C@@H](C(=O)O)N1CCCCC1)Nc1cccc2ccccc12. The van der Waals surface area contributed by atoms with Crippen molar-refractivity contribution < 1.29 is 14.7 Å². The lowest BCUT2D eigenvalue weighted by atomic mass is 10.1. The number of carboxylic acids is 1. The maximum Gasteiger partial charge on any atom is 0.321 e. The Morgan fingerprint density at radius 3 is 2.50 bits per heavy atom. The summed E-state index contributed by atoms with van der Waals surface area (Å²) in [6.45, 7) is 1.50. The monoisotopic (exact) mass is 326 g/mol. The molecule has 2 N–H and O–H groups in total. The highest BCUT2D eigenvalue weighted by Gasteiger charge is 2.29. The Hall–Kier alpha value is -2.40. The number of benzene rings is 2. The van der Waals surface area contributed by atoms with Crippen LogP contribution < -0.4 is 5.32 Å². The lowest BCUT2D eigenvalue weighted by molar-refractivity contribution is -0.145. The number of likely N-dealkylation sites (tertiary alicyclic amines) is 1. The first-order chi connectivity index (χ1) is 11.6. The average molecular weight is 326 g/mol. The van der Waals surface area contributed by atoms with Crippen LogP contribution in [0.15, 0.2) is 42.5 Å². The summed E-state index contributed by atoms with van der Waals surface area (Å²) in [5, 5.41) is 14.4. The van der Waals surface area contributed by atoms with Gasteiger partial charge in [0.05, 0.1) is 6.42 Å². The zero-order chi connectivity index (χ0) is 16.9. The van der Waals surface area contributed by atoms with Crippen molar-refractivity contribution in [2.24, 2.45) is 0 Å². The maximum absolute atomic E-state index is 12.4. The van der Waals surface area contributed by atoms with Crippen LogP contribution in [-0.4, -0.2) is 41.0 Å². The van der Waals surface area contributed by atoms with Crippen LogP contribution in [-0.2, 0) is 9.59 Å². The molecule has 1 aliphatic heterocycles. The van der Waals surface area contributed by atoms with E-state index in [0.29, 0.717) is 0 Å². The van der Waals surface area contributed by atoms with Gasteiger partial charge in [-0.05, 0) is 37.4 Å². The summed E-state index contributed by atoms with van der Waals surface area (Å²) < 4.78 is 0. The predicted octanol–water partition coefficient (Wildman–Crippen LogP) is 3.11. The fourth-order valence-electron chi connectivity index (χ4n) is 3.31. The predicted molar refractivity (Wildman–Crippen MR) is 94.0 cm³/mol. The Bertz CT molecular complexity index is 733. The summed E-state index contributed by atoms with van der Waals surface area (Å²) >= 11 is 0. The molecule has 1 aliphatic rings. The van der Waals surface area contributed by atoms with Gasteiger partial charge in [-0.1, -0.05) is 42.8 Å². The first-order valence-electron chi connectivity index (χ1n) is 8.39. The minimum Gasteiger partial charge on any atom is -0.480 e. The molecule has 0 aliphatic carbocycles. The van der Waals surface area contributed by atoms with E-state index in [1.807, 2.05) is 47.4 Å². The minimum atomic E-state index is -0.926. The van der Waals surface area contributed by atoms with Gasteiger partial charge in [0.15, 0.2) is 0 Å². The Labute approximate surface area is 141 Å². The van der Waals surface area contributed by atoms with Gasteiger partial charge in [0.2, 0.25) is 5.91 Å². The third kappa shape index (κ3) is 3.74. The second kappa shape index (κ2) is 7.45. The Morgan fingerprint density at radius 2 is 1.75 bits per heavy atom. The fraction of sp³-hybridized carbons (Fsp3) is 0.368. The van der Waals surface area contributed by atoms with E-state index < -0.39 is 12.0 Å². The van der Waals surface area contributed by atoms with Gasteiger partial charge in [-0.15, -0.1) is 0 Å². The third-order valence-corrected chi connectivity index (χ3v) is 4.56. The zero-order valence-corrected chi connectivity index (χ0v) is 13.6. The molecule has 1 heterocycles. The van der Waals surface area contributed by atoms with E-state index in [9.17, 15) is 14.7 Å². The summed E-state index contributed by atoms with van der Waals surface area (Å²) in [5.41, 5.74) is 0.723. The van der Waals surface area contributed by atoms with Gasteiger partial charge in [0, 0.05) is 11.1 Å². The maximum atomic E-state index is 12.4. The lowest BCUT2D eigenvalue weighted by Crippen LogP contribution is -2.45. The van der Waals surface area contributed by atoms with Crippen LogP contribution in [0.4, 0.5) is 5.69 Å². The number of nitrogens with zero attached hydrogens (tertiary/aromatic N) is 1. The molecule has 5 heteroatoms. The number of aliphatic carboxylic acids is 1. The minimum absolute atomic E-state index is 0.0292. The van der Waals surface area contributed by atoms with Crippen LogP contribution in [0.1, 0.15) is 25.7 Å². The van der Waals surface area contributed by atoms with Crippen molar-refractivity contribution in [3.63, 3.8) is 0 Å². The zero-order valence-electron chi connectivity index (χ0n) is 13.6. The van der Waals surface area contributed by atoms with Gasteiger partial charge in [0.25, 0.3) is 0 Å². The first-order valence-corrected chi connectivity index (χ1v) is 8.39. The summed E-state index contributed by atoms with van der Waals surface area (Å²) in [6, 6.07) is 12.8. The van der Waals surface area contributed by atoms with Gasteiger partial charge in [-0.25, -0.2) is 0 Å². The summed E-state index contributed by atoms with van der Waals surface area (Å²) in [7, 11) is 0. The topological polar surface area (TPSA) is 69.6 Å². The number of fused-ring (bicyclic) bond motifs is 1. The molecule has 0 aromatic heterocycles. The number of carboxylic acid groups (broad SMARTS) is 1. The number of nitrogens with one attached hydrogen (secondary N) is 1. The molecule has 1 amide bonds. The first kappa shape index (κ1) is 16.5. The summed E-state index contributed by atoms with van der Waals surface area (Å²) in [5.74, 6) is -1.19. The van der Waals surface area contributed by atoms with E-state index in [0.717, 1.165) is 48.8 Å². The molecule has 2 aromatic carbocycles. The molecule has 126 valence electrons. The van der Waals surface area contributed by atoms with Crippen molar-refractivity contribution in [1.29, 1.82) is 0 Å². The molecule has 0 saturated carbocycles. The Kier molecular flexibility index (Phi) is 5.11. The highest BCUT2D eigenvalue weighted by atomic mass is 16.4. The number of amides is 1. The Balaban J connectivity index is 1.72. The molecule has 1 atom stereocenters. The van der Waals surface area contributed by atoms with Crippen molar-refractivity contribution in [3.05, 3.63) is 42.5 Å². The van der Waals surface area contributed by atoms with E-state index in [1.54, 1.807) is 0 Å². The van der Waals surface area contributed by atoms with Gasteiger partial charge >= 0.3 is 5.97 Å². The highest BCUT2D eigenvalue weighted by molar-refractivity contribution is 6.03. The molecule has 1 saturated heterocycles. The van der Waals surface area contributed by atoms with E-state index in [2.05, 4.69) is 5.32 Å². The van der Waals surface area contributed by atoms with E-state index in [-0.39, 0.29) is 12.3 Å². The van der Waals surface area contributed by atoms with Crippen LogP contribution in [0.2, 0.25) is 0 Å². The highest BCUT2D eigenvalue weighted by Crippen LogP contribution is 2.23. The number of anilines is 1. The standard InChI is InChI=1S/C19H22N2O3/c22-18(13-17(19(23)24)21-11-4-1-5-12-21)20-16-10-6-8-14-7-2-3-9-15(14)16/h2-3,6-10,17H,1,4-5,11-13H2,(H,20,22)(H,23,24)/t17-/m0/s1. The van der Waals surface area contributed by atoms with E-state index in [1.165, 1.54) is 0 Å². The molecule has 5 nitrogen and oxygen atoms in total. The number of hydrogen-bond donors (Lipinski definition) is 2. The van der Waals surface area contributed by atoms with Crippen molar-refractivity contribution in [2.75, 3.05) is 18.4 Å². The number of carbonyl (C=O) groups is 2. The van der Waals surface area contributed by atoms with Gasteiger partial charge in [-0.3, -0.25) is 14.5 Å².